The highest BCUT2D eigenvalue weighted by Gasteiger charge is 2.26. The highest BCUT2D eigenvalue weighted by atomic mass is 35.5. The third kappa shape index (κ3) is 3.17. The Hall–Kier alpha value is -0.640. The molecule has 1 aliphatic heterocycles. The maximum Gasteiger partial charge on any atom is 0.129 e. The summed E-state index contributed by atoms with van der Waals surface area (Å²) >= 11 is 5.74. The Morgan fingerprint density at radius 2 is 2.19 bits per heavy atom. The average Bonchev–Trinajstić information content (AvgIpc) is 2.29. The zero-order valence-corrected chi connectivity index (χ0v) is 10.3. The van der Waals surface area contributed by atoms with E-state index < -0.39 is 0 Å². The molecule has 0 radical (unpaired) electrons. The number of halogens is 1. The van der Waals surface area contributed by atoms with Gasteiger partial charge in [0.1, 0.15) is 5.15 Å². The molecule has 0 spiro atoms. The SMILES string of the molecule is CC1(NCc2ccc(Cl)nc2)CCOCC1. The van der Waals surface area contributed by atoms with E-state index in [0.29, 0.717) is 5.15 Å². The topological polar surface area (TPSA) is 34.2 Å². The second-order valence-electron chi connectivity index (χ2n) is 4.52. The standard InChI is InChI=1S/C12H17ClN2O/c1-12(4-6-16-7-5-12)15-9-10-2-3-11(13)14-8-10/h2-3,8,15H,4-7,9H2,1H3. The summed E-state index contributed by atoms with van der Waals surface area (Å²) < 4.78 is 5.36. The smallest absolute Gasteiger partial charge is 0.129 e. The number of hydrogen-bond acceptors (Lipinski definition) is 3. The van der Waals surface area contributed by atoms with Gasteiger partial charge in [-0.1, -0.05) is 17.7 Å². The molecule has 0 unspecified atom stereocenters. The molecule has 1 aromatic rings. The van der Waals surface area contributed by atoms with Crippen LogP contribution in [0.15, 0.2) is 18.3 Å². The molecular weight excluding hydrogens is 224 g/mol. The quantitative estimate of drug-likeness (QED) is 0.824. The minimum absolute atomic E-state index is 0.192. The summed E-state index contributed by atoms with van der Waals surface area (Å²) in [5, 5.41) is 4.11. The van der Waals surface area contributed by atoms with Crippen molar-refractivity contribution in [1.82, 2.24) is 10.3 Å². The van der Waals surface area contributed by atoms with E-state index in [4.69, 9.17) is 16.3 Å². The lowest BCUT2D eigenvalue weighted by molar-refractivity contribution is 0.0446. The molecule has 1 fully saturated rings. The highest BCUT2D eigenvalue weighted by Crippen LogP contribution is 2.20. The number of hydrogen-bond donors (Lipinski definition) is 1. The zero-order valence-electron chi connectivity index (χ0n) is 9.50. The number of aromatic nitrogens is 1. The van der Waals surface area contributed by atoms with Crippen LogP contribution in [0.2, 0.25) is 5.15 Å². The summed E-state index contributed by atoms with van der Waals surface area (Å²) in [6.45, 7) is 4.78. The first-order valence-corrected chi connectivity index (χ1v) is 5.99. The van der Waals surface area contributed by atoms with Crippen LogP contribution in [-0.4, -0.2) is 23.7 Å². The summed E-state index contributed by atoms with van der Waals surface area (Å²) in [6.07, 6.45) is 3.94. The molecular formula is C12H17ClN2O. The van der Waals surface area contributed by atoms with Crippen LogP contribution in [0.1, 0.15) is 25.3 Å². The largest absolute Gasteiger partial charge is 0.381 e. The zero-order chi connectivity index (χ0) is 11.4. The third-order valence-corrected chi connectivity index (χ3v) is 3.33. The van der Waals surface area contributed by atoms with Gasteiger partial charge in [-0.05, 0) is 31.4 Å². The Labute approximate surface area is 101 Å². The van der Waals surface area contributed by atoms with Gasteiger partial charge < -0.3 is 10.1 Å². The summed E-state index contributed by atoms with van der Waals surface area (Å²) in [5.74, 6) is 0. The highest BCUT2D eigenvalue weighted by molar-refractivity contribution is 6.29. The van der Waals surface area contributed by atoms with Gasteiger partial charge in [-0.25, -0.2) is 4.98 Å². The van der Waals surface area contributed by atoms with E-state index in [2.05, 4.69) is 17.2 Å². The van der Waals surface area contributed by atoms with Crippen LogP contribution in [0, 0.1) is 0 Å². The monoisotopic (exact) mass is 240 g/mol. The van der Waals surface area contributed by atoms with E-state index in [9.17, 15) is 0 Å². The number of rotatable bonds is 3. The van der Waals surface area contributed by atoms with Crippen molar-refractivity contribution in [2.24, 2.45) is 0 Å². The van der Waals surface area contributed by atoms with E-state index in [1.807, 2.05) is 18.3 Å². The molecule has 0 aliphatic carbocycles. The van der Waals surface area contributed by atoms with E-state index in [-0.39, 0.29) is 5.54 Å². The van der Waals surface area contributed by atoms with Gasteiger partial charge in [0.05, 0.1) is 0 Å². The summed E-state index contributed by atoms with van der Waals surface area (Å²) in [7, 11) is 0. The van der Waals surface area contributed by atoms with Crippen LogP contribution in [-0.2, 0) is 11.3 Å². The maximum atomic E-state index is 5.74. The van der Waals surface area contributed by atoms with Crippen LogP contribution in [0.25, 0.3) is 0 Å². The van der Waals surface area contributed by atoms with Crippen molar-refractivity contribution in [3.63, 3.8) is 0 Å². The van der Waals surface area contributed by atoms with Gasteiger partial charge in [0.2, 0.25) is 0 Å². The van der Waals surface area contributed by atoms with Crippen LogP contribution in [0.5, 0.6) is 0 Å². The van der Waals surface area contributed by atoms with Crippen LogP contribution >= 0.6 is 11.6 Å². The Balaban J connectivity index is 1.88. The van der Waals surface area contributed by atoms with Gasteiger partial charge in [-0.15, -0.1) is 0 Å². The molecule has 1 aromatic heterocycles. The fourth-order valence-corrected chi connectivity index (χ4v) is 1.94. The molecule has 0 atom stereocenters. The van der Waals surface area contributed by atoms with Crippen molar-refractivity contribution >= 4 is 11.6 Å². The normalized spacial score (nSPS) is 19.6. The first kappa shape index (κ1) is 11.8. The van der Waals surface area contributed by atoms with Gasteiger partial charge in [0, 0.05) is 31.5 Å². The molecule has 0 amide bonds. The lowest BCUT2D eigenvalue weighted by Gasteiger charge is -2.34. The van der Waals surface area contributed by atoms with E-state index in [1.54, 1.807) is 0 Å². The van der Waals surface area contributed by atoms with Crippen molar-refractivity contribution in [1.29, 1.82) is 0 Å². The molecule has 0 aromatic carbocycles. The average molecular weight is 241 g/mol. The van der Waals surface area contributed by atoms with Crippen LogP contribution in [0.3, 0.4) is 0 Å². The fraction of sp³-hybridized carbons (Fsp3) is 0.583. The van der Waals surface area contributed by atoms with Gasteiger partial charge in [0.25, 0.3) is 0 Å². The van der Waals surface area contributed by atoms with Crippen molar-refractivity contribution in [2.45, 2.75) is 31.8 Å². The number of nitrogens with one attached hydrogen (secondary N) is 1. The molecule has 2 heterocycles. The van der Waals surface area contributed by atoms with E-state index >= 15 is 0 Å². The van der Waals surface area contributed by atoms with Crippen molar-refractivity contribution in [3.05, 3.63) is 29.0 Å². The lowest BCUT2D eigenvalue weighted by Crippen LogP contribution is -2.46. The number of pyridine rings is 1. The predicted octanol–water partition coefficient (Wildman–Crippen LogP) is 2.39. The lowest BCUT2D eigenvalue weighted by atomic mass is 9.92. The molecule has 16 heavy (non-hydrogen) atoms. The molecule has 1 saturated heterocycles. The van der Waals surface area contributed by atoms with Crippen LogP contribution in [0.4, 0.5) is 0 Å². The minimum atomic E-state index is 0.192. The number of nitrogens with zero attached hydrogens (tertiary/aromatic N) is 1. The summed E-state index contributed by atoms with van der Waals surface area (Å²) in [6, 6.07) is 3.83. The first-order chi connectivity index (χ1) is 7.68. The van der Waals surface area contributed by atoms with Crippen LogP contribution < -0.4 is 5.32 Å². The Morgan fingerprint density at radius 1 is 1.44 bits per heavy atom. The van der Waals surface area contributed by atoms with Crippen molar-refractivity contribution in [2.75, 3.05) is 13.2 Å². The molecule has 2 rings (SSSR count). The Kier molecular flexibility index (Phi) is 3.79. The van der Waals surface area contributed by atoms with Gasteiger partial charge in [-0.2, -0.15) is 0 Å². The molecule has 88 valence electrons. The molecule has 4 heteroatoms. The Morgan fingerprint density at radius 3 is 2.81 bits per heavy atom. The first-order valence-electron chi connectivity index (χ1n) is 5.61. The maximum absolute atomic E-state index is 5.74. The molecule has 0 saturated carbocycles. The van der Waals surface area contributed by atoms with Crippen molar-refractivity contribution < 1.29 is 4.74 Å². The van der Waals surface area contributed by atoms with E-state index in [0.717, 1.165) is 38.2 Å². The second-order valence-corrected chi connectivity index (χ2v) is 4.90. The molecule has 1 N–H and O–H groups in total. The Bertz CT molecular complexity index is 333. The van der Waals surface area contributed by atoms with Crippen molar-refractivity contribution in [3.8, 4) is 0 Å². The van der Waals surface area contributed by atoms with Gasteiger partial charge in [-0.3, -0.25) is 0 Å². The summed E-state index contributed by atoms with van der Waals surface area (Å²) in [5.41, 5.74) is 1.36. The molecule has 1 aliphatic rings. The molecule has 0 bridgehead atoms. The van der Waals surface area contributed by atoms with E-state index in [1.165, 1.54) is 0 Å². The molecule has 3 nitrogen and oxygen atoms in total. The predicted molar refractivity (Wildman–Crippen MR) is 64.5 cm³/mol. The minimum Gasteiger partial charge on any atom is -0.381 e. The summed E-state index contributed by atoms with van der Waals surface area (Å²) in [4.78, 5) is 4.07. The van der Waals surface area contributed by atoms with Gasteiger partial charge in [0.15, 0.2) is 0 Å². The van der Waals surface area contributed by atoms with Gasteiger partial charge >= 0.3 is 0 Å². The third-order valence-electron chi connectivity index (χ3n) is 3.10. The second kappa shape index (κ2) is 5.13. The fourth-order valence-electron chi connectivity index (χ4n) is 1.83. The number of ether oxygens (including phenoxy) is 1.